The molecular weight excluding hydrogens is 552 g/mol. The highest BCUT2D eigenvalue weighted by Crippen LogP contribution is 2.32. The molecule has 0 unspecified atom stereocenters. The van der Waals surface area contributed by atoms with Gasteiger partial charge in [-0.2, -0.15) is 12.7 Å². The summed E-state index contributed by atoms with van der Waals surface area (Å²) in [5.41, 5.74) is 5.74. The Morgan fingerprint density at radius 2 is 1.79 bits per heavy atom. The van der Waals surface area contributed by atoms with E-state index in [0.717, 1.165) is 28.5 Å². The lowest BCUT2D eigenvalue weighted by Crippen LogP contribution is -2.29. The Morgan fingerprint density at radius 1 is 0.976 bits per heavy atom. The molecule has 0 radical (unpaired) electrons. The van der Waals surface area contributed by atoms with E-state index < -0.39 is 16.3 Å². The Kier molecular flexibility index (Phi) is 9.69. The summed E-state index contributed by atoms with van der Waals surface area (Å²) in [5.74, 6) is 1.21. The fraction of sp³-hybridized carbons (Fsp3) is 0.375. The van der Waals surface area contributed by atoms with Crippen molar-refractivity contribution in [3.05, 3.63) is 89.1 Å². The molecule has 3 aromatic carbocycles. The van der Waals surface area contributed by atoms with Crippen LogP contribution in [0.25, 0.3) is 10.9 Å². The highest BCUT2D eigenvalue weighted by molar-refractivity contribution is 7.90. The van der Waals surface area contributed by atoms with Gasteiger partial charge in [0, 0.05) is 43.8 Å². The quantitative estimate of drug-likeness (QED) is 0.129. The summed E-state index contributed by atoms with van der Waals surface area (Å²) in [7, 11) is -0.885. The van der Waals surface area contributed by atoms with Crippen molar-refractivity contribution >= 4 is 26.8 Å². The number of benzene rings is 3. The van der Waals surface area contributed by atoms with Gasteiger partial charge in [-0.3, -0.25) is 4.72 Å². The summed E-state index contributed by atoms with van der Waals surface area (Å²) in [5, 5.41) is 15.3. The number of aryl methyl sites for hydroxylation is 2. The maximum absolute atomic E-state index is 12.6. The van der Waals surface area contributed by atoms with Gasteiger partial charge in [0.25, 0.3) is 0 Å². The van der Waals surface area contributed by atoms with E-state index in [4.69, 9.17) is 9.47 Å². The van der Waals surface area contributed by atoms with Crippen molar-refractivity contribution in [2.75, 3.05) is 38.5 Å². The molecule has 1 aliphatic carbocycles. The fourth-order valence-electron chi connectivity index (χ4n) is 5.18. The average molecular weight is 593 g/mol. The van der Waals surface area contributed by atoms with E-state index in [1.807, 2.05) is 36.4 Å². The zero-order chi connectivity index (χ0) is 29.5. The van der Waals surface area contributed by atoms with E-state index in [0.29, 0.717) is 24.5 Å². The third kappa shape index (κ3) is 7.43. The van der Waals surface area contributed by atoms with Crippen molar-refractivity contribution < 1.29 is 23.0 Å². The first-order valence-corrected chi connectivity index (χ1v) is 15.9. The number of H-pyrrole nitrogens is 1. The predicted octanol–water partition coefficient (Wildman–Crippen LogP) is 4.94. The minimum absolute atomic E-state index is 0.262. The first-order chi connectivity index (χ1) is 20.3. The molecule has 4 N–H and O–H groups in total. The molecule has 224 valence electrons. The predicted molar refractivity (Wildman–Crippen MR) is 166 cm³/mol. The van der Waals surface area contributed by atoms with E-state index in [2.05, 4.69) is 27.2 Å². The summed E-state index contributed by atoms with van der Waals surface area (Å²) in [4.78, 5) is 3.58. The van der Waals surface area contributed by atoms with Crippen LogP contribution < -0.4 is 19.5 Å². The van der Waals surface area contributed by atoms with Crippen LogP contribution in [0.2, 0.25) is 0 Å². The summed E-state index contributed by atoms with van der Waals surface area (Å²) < 4.78 is 40.8. The Morgan fingerprint density at radius 3 is 2.60 bits per heavy atom. The molecule has 0 bridgehead atoms. The van der Waals surface area contributed by atoms with Gasteiger partial charge in [0.15, 0.2) is 0 Å². The van der Waals surface area contributed by atoms with Gasteiger partial charge in [0.2, 0.25) is 0 Å². The Labute approximate surface area is 248 Å². The summed E-state index contributed by atoms with van der Waals surface area (Å²) in [6.45, 7) is 1.54. The number of aliphatic hydroxyl groups is 1. The summed E-state index contributed by atoms with van der Waals surface area (Å²) in [6.07, 6.45) is 5.10. The second-order valence-corrected chi connectivity index (χ2v) is 12.7. The van der Waals surface area contributed by atoms with Crippen molar-refractivity contribution in [3.8, 4) is 11.5 Å². The molecule has 0 spiro atoms. The number of aliphatic hydroxyl groups excluding tert-OH is 1. The maximum Gasteiger partial charge on any atom is 0.301 e. The maximum atomic E-state index is 12.6. The topological polar surface area (TPSA) is 116 Å². The second-order valence-electron chi connectivity index (χ2n) is 10.8. The first-order valence-electron chi connectivity index (χ1n) is 14.5. The van der Waals surface area contributed by atoms with E-state index in [1.54, 1.807) is 18.2 Å². The molecule has 0 aliphatic heterocycles. The molecule has 0 saturated carbocycles. The minimum atomic E-state index is -3.78. The fourth-order valence-corrected chi connectivity index (χ4v) is 5.80. The molecule has 1 aliphatic rings. The second kappa shape index (κ2) is 13.6. The van der Waals surface area contributed by atoms with Gasteiger partial charge in [-0.1, -0.05) is 42.8 Å². The molecule has 10 heteroatoms. The highest BCUT2D eigenvalue weighted by atomic mass is 32.2. The van der Waals surface area contributed by atoms with Gasteiger partial charge in [-0.25, -0.2) is 0 Å². The average Bonchev–Trinajstić information content (AvgIpc) is 3.15. The van der Waals surface area contributed by atoms with Crippen LogP contribution in [0.15, 0.2) is 66.7 Å². The molecule has 1 aromatic heterocycles. The number of anilines is 1. The molecular formula is C32H40N4O5S. The number of fused-ring (bicyclic) bond motifs is 3. The largest absolute Gasteiger partial charge is 0.492 e. The normalized spacial score (nSPS) is 14.4. The third-order valence-electron chi connectivity index (χ3n) is 7.55. The Bertz CT molecular complexity index is 1590. The van der Waals surface area contributed by atoms with E-state index >= 15 is 0 Å². The van der Waals surface area contributed by atoms with Crippen LogP contribution in [0, 0.1) is 0 Å². The Balaban J connectivity index is 1.17. The number of aromatic nitrogens is 1. The Hall–Kier alpha value is -3.57. The van der Waals surface area contributed by atoms with Crippen molar-refractivity contribution in [2.24, 2.45) is 0 Å². The van der Waals surface area contributed by atoms with Gasteiger partial charge in [0.05, 0.1) is 11.8 Å². The van der Waals surface area contributed by atoms with Crippen LogP contribution in [-0.2, 0) is 29.7 Å². The van der Waals surface area contributed by atoms with E-state index in [-0.39, 0.29) is 18.8 Å². The van der Waals surface area contributed by atoms with Crippen molar-refractivity contribution in [2.45, 2.75) is 44.8 Å². The molecule has 0 amide bonds. The lowest BCUT2D eigenvalue weighted by atomic mass is 10.1. The van der Waals surface area contributed by atoms with Gasteiger partial charge < -0.3 is 24.9 Å². The number of ether oxygens (including phenoxy) is 2. The first kappa shape index (κ1) is 29.9. The minimum Gasteiger partial charge on any atom is -0.492 e. The molecule has 42 heavy (non-hydrogen) atoms. The van der Waals surface area contributed by atoms with Crippen molar-refractivity contribution in [1.82, 2.24) is 14.6 Å². The molecule has 5 rings (SSSR count). The third-order valence-corrected chi connectivity index (χ3v) is 8.99. The lowest BCUT2D eigenvalue weighted by Gasteiger charge is -2.19. The molecule has 4 aromatic rings. The number of nitrogens with one attached hydrogen (secondary N) is 3. The molecule has 0 saturated heterocycles. The number of hydrogen-bond acceptors (Lipinski definition) is 6. The van der Waals surface area contributed by atoms with Crippen LogP contribution in [0.5, 0.6) is 11.5 Å². The van der Waals surface area contributed by atoms with Crippen molar-refractivity contribution in [3.63, 3.8) is 0 Å². The monoisotopic (exact) mass is 592 g/mol. The highest BCUT2D eigenvalue weighted by Gasteiger charge is 2.19. The standard InChI is InChI=1S/C32H40N4O5S/c1-36(2)42(38,39)35-30-19-24(13-16-32(30)41-22-23-9-5-3-6-10-23)31(37)21-33-17-18-40-25-14-15-29-27(20-25)26-11-7-4-8-12-28(26)34-29/h3,5-6,9-10,13-16,19-20,31,33-35,37H,4,7-8,11-12,17-18,21-22H2,1-2H3/t31-/m0/s1. The number of rotatable bonds is 13. The zero-order valence-electron chi connectivity index (χ0n) is 24.2. The molecule has 1 heterocycles. The van der Waals surface area contributed by atoms with Gasteiger partial charge >= 0.3 is 10.2 Å². The van der Waals surface area contributed by atoms with Gasteiger partial charge in [-0.15, -0.1) is 0 Å². The van der Waals surface area contributed by atoms with Crippen LogP contribution in [0.3, 0.4) is 0 Å². The van der Waals surface area contributed by atoms with Crippen LogP contribution in [0.4, 0.5) is 5.69 Å². The molecule has 9 nitrogen and oxygen atoms in total. The summed E-state index contributed by atoms with van der Waals surface area (Å²) >= 11 is 0. The van der Waals surface area contributed by atoms with Crippen LogP contribution in [0.1, 0.15) is 47.8 Å². The summed E-state index contributed by atoms with van der Waals surface area (Å²) in [6, 6.07) is 20.9. The molecule has 0 fully saturated rings. The smallest absolute Gasteiger partial charge is 0.301 e. The van der Waals surface area contributed by atoms with Crippen LogP contribution in [-0.4, -0.2) is 56.6 Å². The van der Waals surface area contributed by atoms with Crippen molar-refractivity contribution in [1.29, 1.82) is 0 Å². The van der Waals surface area contributed by atoms with Gasteiger partial charge in [-0.05, 0) is 72.7 Å². The van der Waals surface area contributed by atoms with E-state index in [1.165, 1.54) is 55.5 Å². The van der Waals surface area contributed by atoms with Crippen LogP contribution >= 0.6 is 0 Å². The SMILES string of the molecule is CN(C)S(=O)(=O)Nc1cc([C@@H](O)CNCCOc2ccc3[nH]c4c(c3c2)CCCCC4)ccc1OCc1ccccc1. The van der Waals surface area contributed by atoms with Gasteiger partial charge in [0.1, 0.15) is 24.7 Å². The number of aromatic amines is 1. The molecule has 1 atom stereocenters. The lowest BCUT2D eigenvalue weighted by molar-refractivity contribution is 0.172. The number of nitrogens with zero attached hydrogens (tertiary/aromatic N) is 1. The van der Waals surface area contributed by atoms with E-state index in [9.17, 15) is 13.5 Å². The zero-order valence-corrected chi connectivity index (χ0v) is 25.0. The number of hydrogen-bond donors (Lipinski definition) is 4.